The second kappa shape index (κ2) is 22.7. The highest BCUT2D eigenvalue weighted by Gasteiger charge is 2.59. The Bertz CT molecular complexity index is 2300. The van der Waals surface area contributed by atoms with Crippen molar-refractivity contribution in [2.75, 3.05) is 13.2 Å². The fourth-order valence-corrected chi connectivity index (χ4v) is 8.69. The Balaban J connectivity index is 1.80. The molecule has 4 aliphatic rings. The van der Waals surface area contributed by atoms with Gasteiger partial charge in [0, 0.05) is 13.8 Å². The molecule has 0 aromatic carbocycles. The fourth-order valence-electron chi connectivity index (χ4n) is 7.05. The Morgan fingerprint density at radius 3 is 1.29 bits per heavy atom. The summed E-state index contributed by atoms with van der Waals surface area (Å²) in [7, 11) is -22.5. The monoisotopic (exact) mass is 1100 g/mol. The second-order valence-corrected chi connectivity index (χ2v) is 19.0. The topological polar surface area (TPSA) is 573 Å². The van der Waals surface area contributed by atoms with E-state index in [4.69, 9.17) is 37.7 Å². The molecule has 0 aromatic rings. The summed E-state index contributed by atoms with van der Waals surface area (Å²) in [5.74, 6) is -6.53. The van der Waals surface area contributed by atoms with Gasteiger partial charge in [0.15, 0.2) is 37.4 Å². The van der Waals surface area contributed by atoms with Gasteiger partial charge < -0.3 is 84.6 Å². The predicted octanol–water partition coefficient (Wildman–Crippen LogP) is -9.97. The highest BCUT2D eigenvalue weighted by Crippen LogP contribution is 2.36. The van der Waals surface area contributed by atoms with Crippen molar-refractivity contribution >= 4 is 65.3 Å². The Hall–Kier alpha value is -3.16. The van der Waals surface area contributed by atoms with E-state index in [-0.39, 0.29) is 0 Å². The summed E-state index contributed by atoms with van der Waals surface area (Å²) >= 11 is 0. The second-order valence-electron chi connectivity index (χ2n) is 14.7. The average molecular weight is 1100 g/mol. The molecule has 0 bridgehead atoms. The third-order valence-electron chi connectivity index (χ3n) is 9.76. The van der Waals surface area contributed by atoms with Crippen molar-refractivity contribution in [1.82, 2.24) is 10.6 Å². The Morgan fingerprint density at radius 1 is 0.464 bits per heavy atom. The molecule has 69 heavy (non-hydrogen) atoms. The summed E-state index contributed by atoms with van der Waals surface area (Å²) in [5, 5.41) is 88.8. The van der Waals surface area contributed by atoms with E-state index in [1.165, 1.54) is 0 Å². The first-order valence-corrected chi connectivity index (χ1v) is 24.2. The average Bonchev–Trinajstić information content (AvgIpc) is 3.18. The molecule has 0 aromatic heterocycles. The largest absolute Gasteiger partial charge is 0.479 e. The lowest BCUT2D eigenvalue weighted by Crippen LogP contribution is -2.71. The summed E-state index contributed by atoms with van der Waals surface area (Å²) in [5.41, 5.74) is 0. The lowest BCUT2D eigenvalue weighted by Gasteiger charge is -2.50. The van der Waals surface area contributed by atoms with Crippen LogP contribution in [0.2, 0.25) is 0 Å². The third kappa shape index (κ3) is 15.9. The van der Waals surface area contributed by atoms with Crippen LogP contribution in [0, 0.1) is 0 Å². The lowest BCUT2D eigenvalue weighted by molar-refractivity contribution is -0.366. The molecule has 400 valence electrons. The van der Waals surface area contributed by atoms with Gasteiger partial charge >= 0.3 is 53.5 Å². The highest BCUT2D eigenvalue weighted by molar-refractivity contribution is 7.81. The van der Waals surface area contributed by atoms with Crippen LogP contribution >= 0.6 is 0 Å². The molecule has 37 nitrogen and oxygen atoms in total. The molecular weight excluding hydrogens is 1050 g/mol. The van der Waals surface area contributed by atoms with Crippen LogP contribution in [0.15, 0.2) is 0 Å². The summed E-state index contributed by atoms with van der Waals surface area (Å²) < 4.78 is 186. The summed E-state index contributed by atoms with van der Waals surface area (Å²) in [6.45, 7) is -1.62. The Kier molecular flexibility index (Phi) is 19.2. The standard InChI is InChI=1S/C28H44N2O35S4/c1-5(31)29-9-11(33)16(64-68(49,50)51)7(3-55-66(43,44)45)57-26(9)61-20-13(35)15(37)28(63-22(20)24(40)41)60-18-10(30-6(2)32)27(62-19-12(34)14(36)25(42)59-21(19)23(38)39)58-8(4-56-67(46,47)48)17(18)65-69(52,53)54/h7-22,25-28,33-37,42H,3-4H2,1-2H3,(H,29,31)(H,30,32)(H,38,39)(H,40,41)(H,43,44,45)(H,46,47,48)(H,49,50,51)(H,52,53,54)/t7-,8-,9-,10-,11-,12-,13-,14-,15-,16-,17-,18-,19+,20+,21+,22+,25-,26+,27+,28-/m1/s1. The number of aliphatic hydroxyl groups excluding tert-OH is 6. The first-order valence-electron chi connectivity index (χ1n) is 18.7. The van der Waals surface area contributed by atoms with E-state index in [1.54, 1.807) is 0 Å². The van der Waals surface area contributed by atoms with Crippen molar-refractivity contribution in [2.24, 2.45) is 0 Å². The van der Waals surface area contributed by atoms with Crippen molar-refractivity contribution in [3.05, 3.63) is 0 Å². The minimum absolute atomic E-state index is 0.728. The van der Waals surface area contributed by atoms with E-state index in [1.807, 2.05) is 10.6 Å². The molecule has 41 heteroatoms. The van der Waals surface area contributed by atoms with E-state index in [2.05, 4.69) is 16.7 Å². The van der Waals surface area contributed by atoms with Crippen molar-refractivity contribution < 1.29 is 162 Å². The summed E-state index contributed by atoms with van der Waals surface area (Å²) in [4.78, 5) is 49.6. The molecule has 20 atom stereocenters. The van der Waals surface area contributed by atoms with Crippen molar-refractivity contribution in [2.45, 2.75) is 137 Å². The number of carbonyl (C=O) groups excluding carboxylic acids is 2. The molecule has 0 aliphatic carbocycles. The Labute approximate surface area is 386 Å². The molecule has 4 aliphatic heterocycles. The smallest absolute Gasteiger partial charge is 0.397 e. The molecule has 2 amide bonds. The lowest BCUT2D eigenvalue weighted by atomic mass is 9.94. The SMILES string of the molecule is CC(=O)N[C@H]1[C@H](O[C@H]2[C@H](O)[C@@H](O)[C@H](O[C@@H]3[C@@H](NC(C)=O)[C@H](O[C@H]4[C@H](O)[C@@H](O)[C@H](O)O[C@@H]4C(=O)O)O[C@H](COS(=O)(=O)O)[C@H]3OS(=O)(=O)O)O[C@@H]2C(=O)O)O[C@H](COS(=O)(=O)O)[C@@H](OS(=O)(=O)O)[C@@H]1O. The zero-order valence-corrected chi connectivity index (χ0v) is 37.6. The number of hydrogen-bond donors (Lipinski definition) is 14. The number of nitrogens with one attached hydrogen (secondary N) is 2. The van der Waals surface area contributed by atoms with Crippen LogP contribution in [-0.2, 0) is 111 Å². The molecule has 0 unspecified atom stereocenters. The van der Waals surface area contributed by atoms with Crippen molar-refractivity contribution in [1.29, 1.82) is 0 Å². The maximum atomic E-state index is 12.7. The molecule has 14 N–H and O–H groups in total. The van der Waals surface area contributed by atoms with E-state index in [0.717, 1.165) is 13.8 Å². The molecular formula is C28H44N2O35S4. The van der Waals surface area contributed by atoms with E-state index >= 15 is 0 Å². The quantitative estimate of drug-likeness (QED) is 0.0504. The number of ether oxygens (including phenoxy) is 7. The molecule has 4 saturated heterocycles. The minimum atomic E-state index is -5.87. The fraction of sp³-hybridized carbons (Fsp3) is 0.857. The molecule has 0 saturated carbocycles. The number of carbonyl (C=O) groups is 4. The molecule has 0 radical (unpaired) electrons. The number of amides is 2. The van der Waals surface area contributed by atoms with Crippen LogP contribution in [-0.4, -0.2) is 252 Å². The normalized spacial score (nSPS) is 39.2. The van der Waals surface area contributed by atoms with Crippen LogP contribution in [0.25, 0.3) is 0 Å². The van der Waals surface area contributed by atoms with Gasteiger partial charge in [0.25, 0.3) is 0 Å². The van der Waals surface area contributed by atoms with E-state index < -0.39 is 201 Å². The van der Waals surface area contributed by atoms with Crippen LogP contribution < -0.4 is 10.6 Å². The number of carboxylic acid groups (broad SMARTS) is 2. The zero-order valence-electron chi connectivity index (χ0n) is 34.4. The number of aliphatic hydroxyl groups is 6. The van der Waals surface area contributed by atoms with E-state index in [0.29, 0.717) is 0 Å². The summed E-state index contributed by atoms with van der Waals surface area (Å²) in [6.07, 6.45) is -45.8. The van der Waals surface area contributed by atoms with Crippen LogP contribution in [0.1, 0.15) is 13.8 Å². The molecule has 4 fully saturated rings. The van der Waals surface area contributed by atoms with E-state index in [9.17, 15) is 107 Å². The van der Waals surface area contributed by atoms with Crippen molar-refractivity contribution in [3.63, 3.8) is 0 Å². The predicted molar refractivity (Wildman–Crippen MR) is 200 cm³/mol. The van der Waals surface area contributed by atoms with Gasteiger partial charge in [-0.25, -0.2) is 26.3 Å². The minimum Gasteiger partial charge on any atom is -0.479 e. The van der Waals surface area contributed by atoms with Crippen LogP contribution in [0.3, 0.4) is 0 Å². The number of hydrogen-bond acceptors (Lipinski definition) is 29. The van der Waals surface area contributed by atoms with Crippen molar-refractivity contribution in [3.8, 4) is 0 Å². The number of aliphatic carboxylic acids is 2. The zero-order chi connectivity index (χ0) is 52.5. The van der Waals surface area contributed by atoms with Gasteiger partial charge in [-0.2, -0.15) is 33.7 Å². The first-order chi connectivity index (χ1) is 31.5. The summed E-state index contributed by atoms with van der Waals surface area (Å²) in [6, 6.07) is -4.53. The molecule has 0 spiro atoms. The number of carboxylic acids is 2. The molecule has 4 rings (SSSR count). The Morgan fingerprint density at radius 2 is 0.855 bits per heavy atom. The van der Waals surface area contributed by atoms with Gasteiger partial charge in [-0.15, -0.1) is 0 Å². The number of rotatable bonds is 20. The van der Waals surface area contributed by atoms with Gasteiger partial charge in [0.2, 0.25) is 11.8 Å². The third-order valence-corrected chi connectivity index (χ3v) is 11.6. The van der Waals surface area contributed by atoms with Gasteiger partial charge in [-0.3, -0.25) is 27.8 Å². The van der Waals surface area contributed by atoms with Gasteiger partial charge in [0.1, 0.15) is 85.3 Å². The maximum Gasteiger partial charge on any atom is 0.397 e. The molecule has 4 heterocycles. The maximum absolute atomic E-state index is 12.7. The van der Waals surface area contributed by atoms with Gasteiger partial charge in [0.05, 0.1) is 13.2 Å². The van der Waals surface area contributed by atoms with Gasteiger partial charge in [-0.1, -0.05) is 0 Å². The van der Waals surface area contributed by atoms with Gasteiger partial charge in [-0.05, 0) is 0 Å². The first kappa shape index (κ1) is 58.4. The van der Waals surface area contributed by atoms with Crippen LogP contribution in [0.4, 0.5) is 0 Å². The highest BCUT2D eigenvalue weighted by atomic mass is 32.3. The van der Waals surface area contributed by atoms with Crippen LogP contribution in [0.5, 0.6) is 0 Å².